The lowest BCUT2D eigenvalue weighted by Gasteiger charge is -2.15. The summed E-state index contributed by atoms with van der Waals surface area (Å²) in [6, 6.07) is 14.2. The fourth-order valence-electron chi connectivity index (χ4n) is 3.91. The van der Waals surface area contributed by atoms with Crippen molar-refractivity contribution in [1.29, 1.82) is 0 Å². The van der Waals surface area contributed by atoms with E-state index < -0.39 is 23.8 Å². The lowest BCUT2D eigenvalue weighted by molar-refractivity contribution is -0.145. The summed E-state index contributed by atoms with van der Waals surface area (Å²) < 4.78 is 40.5. The molecule has 0 aliphatic rings. The number of tetrazole rings is 1. The zero-order valence-corrected chi connectivity index (χ0v) is 25.6. The van der Waals surface area contributed by atoms with Gasteiger partial charge in [-0.05, 0) is 53.2 Å². The maximum atomic E-state index is 13.7. The largest absolute Gasteiger partial charge is 0.455 e. The minimum Gasteiger partial charge on any atom is -0.348 e. The maximum Gasteiger partial charge on any atom is 0.455 e. The van der Waals surface area contributed by atoms with Crippen LogP contribution in [0.15, 0.2) is 65.3 Å². The molecule has 0 bridgehead atoms. The van der Waals surface area contributed by atoms with Gasteiger partial charge in [0.1, 0.15) is 12.2 Å². The van der Waals surface area contributed by atoms with Crippen molar-refractivity contribution in [3.63, 3.8) is 0 Å². The first-order valence-electron chi connectivity index (χ1n) is 12.3. The molecule has 2 amide bonds. The Morgan fingerprint density at radius 2 is 1.75 bits per heavy atom. The van der Waals surface area contributed by atoms with E-state index >= 15 is 0 Å². The topological polar surface area (TPSA) is 133 Å². The van der Waals surface area contributed by atoms with Gasteiger partial charge < -0.3 is 10.6 Å². The van der Waals surface area contributed by atoms with Crippen LogP contribution in [0.1, 0.15) is 37.9 Å². The minimum atomic E-state index is -4.80. The van der Waals surface area contributed by atoms with Crippen LogP contribution < -0.4 is 10.6 Å². The first-order valence-corrected chi connectivity index (χ1v) is 14.2. The molecule has 0 atom stereocenters. The molecule has 0 aliphatic heterocycles. The molecule has 5 aromatic rings. The third-order valence-electron chi connectivity index (χ3n) is 5.82. The molecule has 0 spiro atoms. The number of halogens is 7. The number of pyridine rings is 1. The number of nitrogens with zero attached hydrogens (tertiary/aromatic N) is 7. The van der Waals surface area contributed by atoms with Crippen molar-refractivity contribution in [2.24, 2.45) is 0 Å². The van der Waals surface area contributed by atoms with Crippen molar-refractivity contribution in [3.8, 4) is 5.82 Å². The van der Waals surface area contributed by atoms with Crippen molar-refractivity contribution in [2.45, 2.75) is 19.3 Å². The minimum absolute atomic E-state index is 0.0161. The third-order valence-corrected chi connectivity index (χ3v) is 7.11. The molecule has 2 aromatic carbocycles. The molecule has 3 heterocycles. The van der Waals surface area contributed by atoms with E-state index in [0.29, 0.717) is 14.3 Å². The number of amides is 2. The van der Waals surface area contributed by atoms with E-state index in [2.05, 4.69) is 52.1 Å². The molecule has 44 heavy (non-hydrogen) atoms. The second kappa shape index (κ2) is 12.9. The molecular formula is C26H16BrCl3F3N9O2. The summed E-state index contributed by atoms with van der Waals surface area (Å²) in [4.78, 5) is 31.8. The van der Waals surface area contributed by atoms with E-state index in [-0.39, 0.29) is 51.6 Å². The van der Waals surface area contributed by atoms with E-state index in [9.17, 15) is 22.8 Å². The number of rotatable bonds is 8. The van der Waals surface area contributed by atoms with Gasteiger partial charge in [0, 0.05) is 22.2 Å². The van der Waals surface area contributed by atoms with Crippen LogP contribution in [0, 0.1) is 0 Å². The van der Waals surface area contributed by atoms with E-state index in [4.69, 9.17) is 34.8 Å². The van der Waals surface area contributed by atoms with Crippen LogP contribution in [-0.2, 0) is 19.3 Å². The summed E-state index contributed by atoms with van der Waals surface area (Å²) in [6.45, 7) is -0.241. The van der Waals surface area contributed by atoms with Crippen molar-refractivity contribution < 1.29 is 22.8 Å². The highest BCUT2D eigenvalue weighted by Gasteiger charge is 2.37. The number of hydrogen-bond donors (Lipinski definition) is 2. The zero-order valence-electron chi connectivity index (χ0n) is 21.8. The van der Waals surface area contributed by atoms with Gasteiger partial charge in [0.2, 0.25) is 0 Å². The van der Waals surface area contributed by atoms with Gasteiger partial charge >= 0.3 is 6.18 Å². The quantitative estimate of drug-likeness (QED) is 0.194. The summed E-state index contributed by atoms with van der Waals surface area (Å²) in [7, 11) is 0. The SMILES string of the molecule is O=C(NCc1cccc(Cl)c1)c1cc(Br)cc(Cl)c1NC(=O)c1cc(Cn2nnc(C(F)(F)F)n2)nn1-c1ncccc1Cl. The van der Waals surface area contributed by atoms with Gasteiger partial charge in [-0.15, -0.1) is 10.2 Å². The monoisotopic (exact) mass is 727 g/mol. The Morgan fingerprint density at radius 1 is 0.955 bits per heavy atom. The number of nitrogens with one attached hydrogen (secondary N) is 2. The number of alkyl halides is 3. The average molecular weight is 730 g/mol. The Hall–Kier alpha value is -4.05. The Balaban J connectivity index is 1.47. The van der Waals surface area contributed by atoms with E-state index in [0.717, 1.165) is 10.2 Å². The molecule has 0 saturated heterocycles. The van der Waals surface area contributed by atoms with Crippen molar-refractivity contribution >= 4 is 68.2 Å². The van der Waals surface area contributed by atoms with E-state index in [1.807, 2.05) is 0 Å². The molecule has 3 aromatic heterocycles. The Kier molecular flexibility index (Phi) is 9.20. The molecule has 5 rings (SSSR count). The third kappa shape index (κ3) is 7.18. The normalized spacial score (nSPS) is 11.4. The van der Waals surface area contributed by atoms with Gasteiger partial charge in [0.05, 0.1) is 27.0 Å². The van der Waals surface area contributed by atoms with E-state index in [1.165, 1.54) is 30.5 Å². The van der Waals surface area contributed by atoms with Crippen LogP contribution >= 0.6 is 50.7 Å². The molecular weight excluding hydrogens is 714 g/mol. The first kappa shape index (κ1) is 31.4. The second-order valence-corrected chi connectivity index (χ2v) is 11.1. The van der Waals surface area contributed by atoms with Gasteiger partial charge in [-0.3, -0.25) is 9.59 Å². The summed E-state index contributed by atoms with van der Waals surface area (Å²) in [5, 5.41) is 20.1. The Labute approximate surface area is 269 Å². The zero-order chi connectivity index (χ0) is 31.6. The first-order chi connectivity index (χ1) is 20.9. The van der Waals surface area contributed by atoms with Gasteiger partial charge in [0.25, 0.3) is 17.6 Å². The number of aromatic nitrogens is 7. The van der Waals surface area contributed by atoms with Crippen LogP contribution in [0.2, 0.25) is 15.1 Å². The van der Waals surface area contributed by atoms with Crippen LogP contribution in [0.5, 0.6) is 0 Å². The van der Waals surface area contributed by atoms with Crippen molar-refractivity contribution in [2.75, 3.05) is 5.32 Å². The Bertz CT molecular complexity index is 1880. The number of carbonyl (C=O) groups is 2. The molecule has 0 saturated carbocycles. The molecule has 18 heteroatoms. The van der Waals surface area contributed by atoms with Gasteiger partial charge in [0.15, 0.2) is 5.82 Å². The lowest BCUT2D eigenvalue weighted by atomic mass is 10.1. The highest BCUT2D eigenvalue weighted by molar-refractivity contribution is 9.10. The molecule has 0 fully saturated rings. The Morgan fingerprint density at radius 3 is 2.45 bits per heavy atom. The smallest absolute Gasteiger partial charge is 0.348 e. The van der Waals surface area contributed by atoms with Gasteiger partial charge in [-0.2, -0.15) is 23.1 Å². The highest BCUT2D eigenvalue weighted by atomic mass is 79.9. The molecule has 226 valence electrons. The van der Waals surface area contributed by atoms with Gasteiger partial charge in [-0.1, -0.05) is 62.9 Å². The van der Waals surface area contributed by atoms with Crippen LogP contribution in [0.3, 0.4) is 0 Å². The fraction of sp³-hybridized carbons (Fsp3) is 0.115. The average Bonchev–Trinajstić information content (AvgIpc) is 3.61. The van der Waals surface area contributed by atoms with Crippen LogP contribution in [0.25, 0.3) is 5.82 Å². The van der Waals surface area contributed by atoms with Crippen LogP contribution in [0.4, 0.5) is 18.9 Å². The number of hydrogen-bond acceptors (Lipinski definition) is 7. The highest BCUT2D eigenvalue weighted by Crippen LogP contribution is 2.32. The van der Waals surface area contributed by atoms with Crippen LogP contribution in [-0.4, -0.2) is 46.8 Å². The molecule has 2 N–H and O–H groups in total. The molecule has 0 aliphatic carbocycles. The standard InChI is InChI=1S/C26H16BrCl3F3N9O2/c27-14-8-17(23(43)35-11-13-3-1-4-15(28)7-13)21(19(30)9-14)36-24(44)20-10-16(12-41-39-25(37-40-41)26(31,32)33)38-42(20)22-18(29)5-2-6-34-22/h1-10H,11-12H2,(H,35,43)(H,36,44). The molecule has 11 nitrogen and oxygen atoms in total. The molecule has 0 unspecified atom stereocenters. The van der Waals surface area contributed by atoms with Crippen molar-refractivity contribution in [1.82, 2.24) is 40.3 Å². The summed E-state index contributed by atoms with van der Waals surface area (Å²) in [5.74, 6) is -2.73. The summed E-state index contributed by atoms with van der Waals surface area (Å²) in [6.07, 6.45) is -3.39. The van der Waals surface area contributed by atoms with Crippen molar-refractivity contribution in [3.05, 3.63) is 109 Å². The number of anilines is 1. The summed E-state index contributed by atoms with van der Waals surface area (Å²) >= 11 is 22.1. The predicted octanol–water partition coefficient (Wildman–Crippen LogP) is 6.23. The van der Waals surface area contributed by atoms with E-state index in [1.54, 1.807) is 30.3 Å². The lowest BCUT2D eigenvalue weighted by Crippen LogP contribution is -2.25. The molecule has 0 radical (unpaired) electrons. The second-order valence-electron chi connectivity index (χ2n) is 8.96. The maximum absolute atomic E-state index is 13.7. The number of carbonyl (C=O) groups excluding carboxylic acids is 2. The van der Waals surface area contributed by atoms with Gasteiger partial charge in [-0.25, -0.2) is 9.67 Å². The fourth-order valence-corrected chi connectivity index (χ4v) is 5.18. The summed E-state index contributed by atoms with van der Waals surface area (Å²) in [5.41, 5.74) is 0.696. The predicted molar refractivity (Wildman–Crippen MR) is 158 cm³/mol. The number of benzene rings is 2.